The number of hydrogen-bond acceptors (Lipinski definition) is 3. The Balaban J connectivity index is -0.000000218. The van der Waals surface area contributed by atoms with E-state index in [1.807, 2.05) is 13.8 Å². The first-order valence-corrected chi connectivity index (χ1v) is 4.15. The van der Waals surface area contributed by atoms with Gasteiger partial charge in [0.25, 0.3) is 0 Å². The second kappa shape index (κ2) is 22.4. The minimum atomic E-state index is -0.324. The molecule has 0 amide bonds. The monoisotopic (exact) mass is 185 g/mol. The van der Waals surface area contributed by atoms with Gasteiger partial charge in [0, 0.05) is 6.04 Å². The maximum Gasteiger partial charge on any atom is 0.326 e. The van der Waals surface area contributed by atoms with Gasteiger partial charge in [0.15, 0.2) is 0 Å². The Morgan fingerprint density at radius 2 is 2.00 bits per heavy atom. The van der Waals surface area contributed by atoms with E-state index in [-0.39, 0.29) is 12.5 Å². The smallest absolute Gasteiger partial charge is 0.326 e. The lowest BCUT2D eigenvalue weighted by Gasteiger charge is -1.97. The molecule has 0 unspecified atom stereocenters. The molecule has 76 valence electrons. The standard InChI is InChI=1S/C6H9NO2.C2H6.C2H4/c1-3-7-5-6(8)9-4-2;2*1-2/h1,7H,4-5H2,2H3;1-2H3;1-2H2. The highest BCUT2D eigenvalue weighted by Gasteiger charge is 1.95. The van der Waals surface area contributed by atoms with Crippen LogP contribution < -0.4 is 5.32 Å². The number of carbonyl (C=O) groups excluding carboxylic acids is 1. The van der Waals surface area contributed by atoms with Crippen LogP contribution in [0.3, 0.4) is 0 Å². The van der Waals surface area contributed by atoms with E-state index in [1.54, 1.807) is 6.92 Å². The van der Waals surface area contributed by atoms with Gasteiger partial charge in [-0.1, -0.05) is 20.3 Å². The Bertz CT molecular complexity index is 138. The summed E-state index contributed by atoms with van der Waals surface area (Å²) in [4.78, 5) is 10.4. The first-order valence-electron chi connectivity index (χ1n) is 4.15. The van der Waals surface area contributed by atoms with E-state index in [0.29, 0.717) is 6.61 Å². The van der Waals surface area contributed by atoms with Crippen LogP contribution >= 0.6 is 0 Å². The van der Waals surface area contributed by atoms with Crippen molar-refractivity contribution in [2.75, 3.05) is 13.2 Å². The Morgan fingerprint density at radius 3 is 2.31 bits per heavy atom. The lowest BCUT2D eigenvalue weighted by Crippen LogP contribution is -2.20. The number of esters is 1. The van der Waals surface area contributed by atoms with Gasteiger partial charge in [-0.05, 0) is 6.92 Å². The summed E-state index contributed by atoms with van der Waals surface area (Å²) in [6.45, 7) is 12.2. The molecule has 0 aromatic rings. The largest absolute Gasteiger partial charge is 0.465 e. The average Bonchev–Trinajstić information content (AvgIpc) is 2.21. The Labute approximate surface area is 81.2 Å². The summed E-state index contributed by atoms with van der Waals surface area (Å²) in [5, 5.41) is 2.39. The minimum Gasteiger partial charge on any atom is -0.465 e. The Kier molecular flexibility index (Phi) is 30.4. The van der Waals surface area contributed by atoms with Crippen molar-refractivity contribution in [3.8, 4) is 12.5 Å². The SMILES string of the molecule is C#CNCC(=O)OCC.C=C.CC. The Morgan fingerprint density at radius 1 is 1.54 bits per heavy atom. The van der Waals surface area contributed by atoms with Crippen LogP contribution in [-0.4, -0.2) is 19.1 Å². The molecule has 0 rings (SSSR count). The summed E-state index contributed by atoms with van der Waals surface area (Å²) in [5.74, 6) is -0.324. The number of hydrogen-bond donors (Lipinski definition) is 1. The molecule has 0 atom stereocenters. The predicted octanol–water partition coefficient (Wildman–Crippen LogP) is 1.56. The fraction of sp³-hybridized carbons (Fsp3) is 0.500. The third-order valence-electron chi connectivity index (χ3n) is 0.640. The molecular formula is C10H19NO2. The zero-order valence-corrected chi connectivity index (χ0v) is 8.72. The van der Waals surface area contributed by atoms with Crippen molar-refractivity contribution in [2.24, 2.45) is 0 Å². The maximum absolute atomic E-state index is 10.4. The second-order valence-corrected chi connectivity index (χ2v) is 1.30. The van der Waals surface area contributed by atoms with Gasteiger partial charge in [0.1, 0.15) is 6.54 Å². The first-order chi connectivity index (χ1) is 6.31. The number of ether oxygens (including phenoxy) is 1. The van der Waals surface area contributed by atoms with Gasteiger partial charge in [0.2, 0.25) is 0 Å². The first kappa shape index (κ1) is 17.6. The van der Waals surface area contributed by atoms with Crippen molar-refractivity contribution in [2.45, 2.75) is 20.8 Å². The molecule has 3 heteroatoms. The molecule has 0 radical (unpaired) electrons. The van der Waals surface area contributed by atoms with Crippen molar-refractivity contribution in [3.63, 3.8) is 0 Å². The summed E-state index contributed by atoms with van der Waals surface area (Å²) in [5.41, 5.74) is 0. The summed E-state index contributed by atoms with van der Waals surface area (Å²) >= 11 is 0. The van der Waals surface area contributed by atoms with Crippen LogP contribution in [0.5, 0.6) is 0 Å². The van der Waals surface area contributed by atoms with Crippen LogP contribution in [0.25, 0.3) is 0 Å². The van der Waals surface area contributed by atoms with Gasteiger partial charge in [-0.15, -0.1) is 13.2 Å². The molecule has 0 saturated heterocycles. The summed E-state index contributed by atoms with van der Waals surface area (Å²) in [7, 11) is 0. The van der Waals surface area contributed by atoms with Crippen LogP contribution in [0.1, 0.15) is 20.8 Å². The lowest BCUT2D eigenvalue weighted by atomic mass is 10.6. The molecule has 0 heterocycles. The van der Waals surface area contributed by atoms with Crippen molar-refractivity contribution in [1.82, 2.24) is 5.32 Å². The molecule has 1 N–H and O–H groups in total. The molecule has 0 bridgehead atoms. The molecule has 0 spiro atoms. The van der Waals surface area contributed by atoms with E-state index < -0.39 is 0 Å². The fourth-order valence-corrected chi connectivity index (χ4v) is 0.335. The zero-order valence-electron chi connectivity index (χ0n) is 8.72. The molecule has 0 fully saturated rings. The number of carbonyl (C=O) groups is 1. The van der Waals surface area contributed by atoms with Gasteiger partial charge in [-0.25, -0.2) is 0 Å². The Hall–Kier alpha value is -1.43. The van der Waals surface area contributed by atoms with Crippen molar-refractivity contribution in [3.05, 3.63) is 13.2 Å². The van der Waals surface area contributed by atoms with Gasteiger partial charge in [0.05, 0.1) is 6.61 Å². The van der Waals surface area contributed by atoms with Crippen LogP contribution in [-0.2, 0) is 9.53 Å². The predicted molar refractivity (Wildman–Crippen MR) is 56.1 cm³/mol. The van der Waals surface area contributed by atoms with Gasteiger partial charge in [-0.2, -0.15) is 0 Å². The normalized spacial score (nSPS) is 6.00. The molecular weight excluding hydrogens is 166 g/mol. The van der Waals surface area contributed by atoms with E-state index in [0.717, 1.165) is 0 Å². The van der Waals surface area contributed by atoms with Gasteiger partial charge < -0.3 is 10.1 Å². The van der Waals surface area contributed by atoms with Crippen LogP contribution in [0.4, 0.5) is 0 Å². The van der Waals surface area contributed by atoms with Crippen molar-refractivity contribution in [1.29, 1.82) is 0 Å². The van der Waals surface area contributed by atoms with E-state index in [2.05, 4.69) is 29.3 Å². The van der Waals surface area contributed by atoms with Crippen molar-refractivity contribution >= 4 is 5.97 Å². The molecule has 0 aromatic heterocycles. The lowest BCUT2D eigenvalue weighted by molar-refractivity contribution is -0.141. The topological polar surface area (TPSA) is 38.3 Å². The van der Waals surface area contributed by atoms with Gasteiger partial charge in [-0.3, -0.25) is 4.79 Å². The molecule has 0 saturated carbocycles. The summed E-state index contributed by atoms with van der Waals surface area (Å²) < 4.78 is 4.55. The highest BCUT2D eigenvalue weighted by atomic mass is 16.5. The molecule has 0 aliphatic carbocycles. The number of terminal acetylenes is 1. The highest BCUT2D eigenvalue weighted by molar-refractivity contribution is 5.71. The molecule has 0 aromatic carbocycles. The van der Waals surface area contributed by atoms with E-state index >= 15 is 0 Å². The number of rotatable bonds is 3. The minimum absolute atomic E-state index is 0.0876. The zero-order chi connectivity index (χ0) is 11.1. The summed E-state index contributed by atoms with van der Waals surface area (Å²) in [6, 6.07) is 2.11. The summed E-state index contributed by atoms with van der Waals surface area (Å²) in [6.07, 6.45) is 4.80. The van der Waals surface area contributed by atoms with Crippen molar-refractivity contribution < 1.29 is 9.53 Å². The molecule has 0 aliphatic heterocycles. The van der Waals surface area contributed by atoms with Crippen LogP contribution in [0.15, 0.2) is 13.2 Å². The van der Waals surface area contributed by atoms with Crippen LogP contribution in [0.2, 0.25) is 0 Å². The van der Waals surface area contributed by atoms with E-state index in [4.69, 9.17) is 6.42 Å². The number of nitrogens with one attached hydrogen (secondary N) is 1. The van der Waals surface area contributed by atoms with Crippen LogP contribution in [0, 0.1) is 12.5 Å². The third-order valence-corrected chi connectivity index (χ3v) is 0.640. The fourth-order valence-electron chi connectivity index (χ4n) is 0.335. The molecule has 13 heavy (non-hydrogen) atoms. The highest BCUT2D eigenvalue weighted by Crippen LogP contribution is 1.72. The molecule has 3 nitrogen and oxygen atoms in total. The van der Waals surface area contributed by atoms with E-state index in [9.17, 15) is 4.79 Å². The van der Waals surface area contributed by atoms with E-state index in [1.165, 1.54) is 0 Å². The maximum atomic E-state index is 10.4. The second-order valence-electron chi connectivity index (χ2n) is 1.30. The molecule has 0 aliphatic rings. The quantitative estimate of drug-likeness (QED) is 0.314. The van der Waals surface area contributed by atoms with Gasteiger partial charge >= 0.3 is 5.97 Å². The third kappa shape index (κ3) is 25.0. The average molecular weight is 185 g/mol.